The molecular weight excluding hydrogens is 238 g/mol. The number of rotatable bonds is 5. The minimum Gasteiger partial charge on any atom is -0.256 e. The van der Waals surface area contributed by atoms with Crippen LogP contribution in [0.5, 0.6) is 0 Å². The molecule has 0 radical (unpaired) electrons. The van der Waals surface area contributed by atoms with E-state index in [2.05, 4.69) is 29.2 Å². The van der Waals surface area contributed by atoms with Crippen LogP contribution in [-0.4, -0.2) is 16.6 Å². The van der Waals surface area contributed by atoms with Crippen molar-refractivity contribution >= 4 is 34.3 Å². The van der Waals surface area contributed by atoms with Gasteiger partial charge in [0.25, 0.3) is 0 Å². The van der Waals surface area contributed by atoms with Crippen LogP contribution in [0.4, 0.5) is 0 Å². The third kappa shape index (κ3) is 2.89. The van der Waals surface area contributed by atoms with Gasteiger partial charge in [-0.25, -0.2) is 0 Å². The van der Waals surface area contributed by atoms with Gasteiger partial charge in [0, 0.05) is 23.2 Å². The summed E-state index contributed by atoms with van der Waals surface area (Å²) in [4.78, 5) is 4.44. The molecule has 0 aliphatic rings. The summed E-state index contributed by atoms with van der Waals surface area (Å²) in [5, 5.41) is 1.22. The molecule has 1 aromatic heterocycles. The van der Waals surface area contributed by atoms with Crippen molar-refractivity contribution in [3.8, 4) is 0 Å². The standard InChI is InChI=1S/C13H14ClNS/c14-7-3-9-16-10-12-5-1-4-11-6-2-8-15-13(11)12/h1-2,4-6,8H,3,7,9-10H2. The van der Waals surface area contributed by atoms with Crippen LogP contribution in [0, 0.1) is 0 Å². The number of nitrogens with zero attached hydrogens (tertiary/aromatic N) is 1. The molecule has 84 valence electrons. The van der Waals surface area contributed by atoms with Crippen LogP contribution in [0.25, 0.3) is 10.9 Å². The van der Waals surface area contributed by atoms with Crippen molar-refractivity contribution in [3.63, 3.8) is 0 Å². The molecule has 0 fully saturated rings. The smallest absolute Gasteiger partial charge is 0.0742 e. The normalized spacial score (nSPS) is 10.8. The molecular formula is C13H14ClNS. The zero-order valence-electron chi connectivity index (χ0n) is 9.03. The van der Waals surface area contributed by atoms with Crippen LogP contribution < -0.4 is 0 Å². The Morgan fingerprint density at radius 1 is 1.19 bits per heavy atom. The van der Waals surface area contributed by atoms with Gasteiger partial charge in [0.1, 0.15) is 0 Å². The van der Waals surface area contributed by atoms with E-state index < -0.39 is 0 Å². The van der Waals surface area contributed by atoms with E-state index in [4.69, 9.17) is 11.6 Å². The molecule has 1 aromatic carbocycles. The first-order valence-corrected chi connectivity index (χ1v) is 7.07. The van der Waals surface area contributed by atoms with Gasteiger partial charge in [-0.05, 0) is 23.8 Å². The minimum absolute atomic E-state index is 0.751. The topological polar surface area (TPSA) is 12.9 Å². The highest BCUT2D eigenvalue weighted by atomic mass is 35.5. The molecule has 2 rings (SSSR count). The van der Waals surface area contributed by atoms with Crippen LogP contribution in [0.3, 0.4) is 0 Å². The summed E-state index contributed by atoms with van der Waals surface area (Å²) in [6.45, 7) is 0. The third-order valence-corrected chi connectivity index (χ3v) is 3.76. The number of aromatic nitrogens is 1. The fourth-order valence-electron chi connectivity index (χ4n) is 1.62. The lowest BCUT2D eigenvalue weighted by molar-refractivity contribution is 1.11. The molecule has 0 unspecified atom stereocenters. The zero-order valence-corrected chi connectivity index (χ0v) is 10.6. The Morgan fingerprint density at radius 2 is 2.06 bits per heavy atom. The average molecular weight is 252 g/mol. The van der Waals surface area contributed by atoms with E-state index in [0.29, 0.717) is 0 Å². The van der Waals surface area contributed by atoms with Gasteiger partial charge in [0.2, 0.25) is 0 Å². The summed E-state index contributed by atoms with van der Waals surface area (Å²) in [5.74, 6) is 2.89. The van der Waals surface area contributed by atoms with Crippen molar-refractivity contribution in [2.24, 2.45) is 0 Å². The molecule has 0 N–H and O–H groups in total. The second-order valence-electron chi connectivity index (χ2n) is 3.59. The van der Waals surface area contributed by atoms with E-state index >= 15 is 0 Å². The Bertz CT molecular complexity index is 453. The highest BCUT2D eigenvalue weighted by Gasteiger charge is 2.01. The first-order valence-electron chi connectivity index (χ1n) is 5.38. The van der Waals surface area contributed by atoms with Crippen molar-refractivity contribution in [1.82, 2.24) is 4.98 Å². The second kappa shape index (κ2) is 6.12. The second-order valence-corrected chi connectivity index (χ2v) is 5.07. The SMILES string of the molecule is ClCCCSCc1cccc2cccnc12. The summed E-state index contributed by atoms with van der Waals surface area (Å²) >= 11 is 7.57. The number of thioether (sulfide) groups is 1. The molecule has 0 saturated heterocycles. The van der Waals surface area contributed by atoms with Gasteiger partial charge in [-0.15, -0.1) is 11.6 Å². The van der Waals surface area contributed by atoms with Gasteiger partial charge < -0.3 is 0 Å². The number of para-hydroxylation sites is 1. The Labute approximate surface area is 105 Å². The third-order valence-electron chi connectivity index (χ3n) is 2.40. The van der Waals surface area contributed by atoms with E-state index in [1.807, 2.05) is 24.0 Å². The maximum atomic E-state index is 5.65. The lowest BCUT2D eigenvalue weighted by Gasteiger charge is -2.04. The first kappa shape index (κ1) is 11.7. The largest absolute Gasteiger partial charge is 0.256 e. The molecule has 0 atom stereocenters. The van der Waals surface area contributed by atoms with Gasteiger partial charge >= 0.3 is 0 Å². The molecule has 1 nitrogen and oxygen atoms in total. The molecule has 0 aliphatic heterocycles. The molecule has 0 amide bonds. The van der Waals surface area contributed by atoms with E-state index in [0.717, 1.165) is 29.3 Å². The van der Waals surface area contributed by atoms with Crippen LogP contribution >= 0.6 is 23.4 Å². The number of hydrogen-bond donors (Lipinski definition) is 0. The molecule has 2 aromatic rings. The molecule has 16 heavy (non-hydrogen) atoms. The summed E-state index contributed by atoms with van der Waals surface area (Å²) in [7, 11) is 0. The molecule has 0 saturated carbocycles. The van der Waals surface area contributed by atoms with Crippen molar-refractivity contribution < 1.29 is 0 Å². The summed E-state index contributed by atoms with van der Waals surface area (Å²) < 4.78 is 0. The van der Waals surface area contributed by atoms with E-state index in [-0.39, 0.29) is 0 Å². The predicted octanol–water partition coefficient (Wildman–Crippen LogP) is 4.10. The van der Waals surface area contributed by atoms with Gasteiger partial charge in [-0.2, -0.15) is 11.8 Å². The van der Waals surface area contributed by atoms with E-state index in [9.17, 15) is 0 Å². The first-order chi connectivity index (χ1) is 7.92. The summed E-state index contributed by atoms with van der Waals surface area (Å²) in [6, 6.07) is 10.4. The average Bonchev–Trinajstić information content (AvgIpc) is 2.35. The van der Waals surface area contributed by atoms with Gasteiger partial charge in [-0.3, -0.25) is 4.98 Å². The number of hydrogen-bond acceptors (Lipinski definition) is 2. The number of fused-ring (bicyclic) bond motifs is 1. The molecule has 3 heteroatoms. The quantitative estimate of drug-likeness (QED) is 0.586. The van der Waals surface area contributed by atoms with E-state index in [1.54, 1.807) is 0 Å². The van der Waals surface area contributed by atoms with Crippen molar-refractivity contribution in [2.75, 3.05) is 11.6 Å². The van der Waals surface area contributed by atoms with E-state index in [1.165, 1.54) is 10.9 Å². The van der Waals surface area contributed by atoms with Gasteiger partial charge in [0.05, 0.1) is 5.52 Å². The molecule has 1 heterocycles. The summed E-state index contributed by atoms with van der Waals surface area (Å²) in [5.41, 5.74) is 2.45. The molecule has 0 spiro atoms. The Hall–Kier alpha value is -0.730. The monoisotopic (exact) mass is 251 g/mol. The van der Waals surface area contributed by atoms with Crippen LogP contribution in [-0.2, 0) is 5.75 Å². The van der Waals surface area contributed by atoms with Crippen LogP contribution in [0.15, 0.2) is 36.5 Å². The number of benzene rings is 1. The molecule has 0 bridgehead atoms. The highest BCUT2D eigenvalue weighted by Crippen LogP contribution is 2.21. The van der Waals surface area contributed by atoms with Crippen LogP contribution in [0.1, 0.15) is 12.0 Å². The minimum atomic E-state index is 0.751. The number of alkyl halides is 1. The Morgan fingerprint density at radius 3 is 2.94 bits per heavy atom. The lowest BCUT2D eigenvalue weighted by atomic mass is 10.1. The van der Waals surface area contributed by atoms with Gasteiger partial charge in [0.15, 0.2) is 0 Å². The lowest BCUT2D eigenvalue weighted by Crippen LogP contribution is -1.88. The number of halogens is 1. The van der Waals surface area contributed by atoms with Crippen molar-refractivity contribution in [2.45, 2.75) is 12.2 Å². The molecule has 0 aliphatic carbocycles. The maximum Gasteiger partial charge on any atom is 0.0742 e. The Balaban J connectivity index is 2.11. The maximum absolute atomic E-state index is 5.65. The van der Waals surface area contributed by atoms with Crippen molar-refractivity contribution in [1.29, 1.82) is 0 Å². The Kier molecular flexibility index (Phi) is 4.49. The van der Waals surface area contributed by atoms with Crippen molar-refractivity contribution in [3.05, 3.63) is 42.1 Å². The summed E-state index contributed by atoms with van der Waals surface area (Å²) in [6.07, 6.45) is 2.93. The predicted molar refractivity (Wildman–Crippen MR) is 73.2 cm³/mol. The fourth-order valence-corrected chi connectivity index (χ4v) is 2.86. The fraction of sp³-hybridized carbons (Fsp3) is 0.308. The van der Waals surface area contributed by atoms with Crippen LogP contribution in [0.2, 0.25) is 0 Å². The zero-order chi connectivity index (χ0) is 11.2. The highest BCUT2D eigenvalue weighted by molar-refractivity contribution is 7.98. The number of pyridine rings is 1. The van der Waals surface area contributed by atoms with Gasteiger partial charge in [-0.1, -0.05) is 24.3 Å².